The summed E-state index contributed by atoms with van der Waals surface area (Å²) in [6.45, 7) is 0.553. The van der Waals surface area contributed by atoms with Crippen LogP contribution in [0.5, 0.6) is 0 Å². The molecular formula is C8H7ClN2O2S. The first kappa shape index (κ1) is 9.48. The van der Waals surface area contributed by atoms with Crippen LogP contribution in [0.3, 0.4) is 0 Å². The number of hydrogen-bond acceptors (Lipinski definition) is 4. The lowest BCUT2D eigenvalue weighted by atomic mass is 10.3. The summed E-state index contributed by atoms with van der Waals surface area (Å²) in [5, 5.41) is -0.346. The van der Waals surface area contributed by atoms with Gasteiger partial charge in [0.2, 0.25) is 0 Å². The third-order valence-electron chi connectivity index (χ3n) is 1.79. The van der Waals surface area contributed by atoms with Crippen molar-refractivity contribution >= 4 is 39.8 Å². The van der Waals surface area contributed by atoms with Crippen LogP contribution < -0.4 is 0 Å². The van der Waals surface area contributed by atoms with Crippen molar-refractivity contribution in [2.75, 3.05) is 6.61 Å². The van der Waals surface area contributed by atoms with Crippen LogP contribution in [0.2, 0.25) is 0 Å². The van der Waals surface area contributed by atoms with Crippen LogP contribution in [-0.4, -0.2) is 23.0 Å². The maximum Gasteiger partial charge on any atom is 0.293 e. The second-order valence-electron chi connectivity index (χ2n) is 2.69. The molecule has 0 spiro atoms. The number of rotatable bonds is 4. The summed E-state index contributed by atoms with van der Waals surface area (Å²) in [6.07, 6.45) is 0. The van der Waals surface area contributed by atoms with Gasteiger partial charge in [-0.2, -0.15) is 0 Å². The lowest BCUT2D eigenvalue weighted by Gasteiger charge is -2.04. The van der Waals surface area contributed by atoms with Crippen molar-refractivity contribution in [2.45, 2.75) is 5.38 Å². The second kappa shape index (κ2) is 3.98. The van der Waals surface area contributed by atoms with E-state index in [2.05, 4.69) is 14.7 Å². The van der Waals surface area contributed by atoms with E-state index in [4.69, 9.17) is 11.6 Å². The molecule has 0 aliphatic heterocycles. The number of carbonyl (C=O) groups excluding carboxylic acids is 1. The molecule has 0 aliphatic rings. The number of ether oxygens (including phenoxy) is 1. The summed E-state index contributed by atoms with van der Waals surface area (Å²) in [5.74, 6) is 0. The van der Waals surface area contributed by atoms with Crippen LogP contribution in [-0.2, 0) is 9.53 Å². The molecule has 6 heteroatoms. The van der Waals surface area contributed by atoms with Gasteiger partial charge in [0, 0.05) is 5.69 Å². The molecule has 74 valence electrons. The molecule has 14 heavy (non-hydrogen) atoms. The Morgan fingerprint density at radius 3 is 3.36 bits per heavy atom. The van der Waals surface area contributed by atoms with Crippen molar-refractivity contribution in [1.29, 1.82) is 0 Å². The minimum Gasteiger partial charge on any atom is -0.466 e. The van der Waals surface area contributed by atoms with Gasteiger partial charge in [-0.15, -0.1) is 22.9 Å². The molecular weight excluding hydrogens is 224 g/mol. The number of halogens is 1. The zero-order chi connectivity index (χ0) is 9.97. The summed E-state index contributed by atoms with van der Waals surface area (Å²) in [6, 6.07) is 1.92. The van der Waals surface area contributed by atoms with E-state index >= 15 is 0 Å². The van der Waals surface area contributed by atoms with E-state index in [1.807, 2.05) is 6.07 Å². The Bertz CT molecular complexity index is 411. The van der Waals surface area contributed by atoms with Crippen LogP contribution in [0.15, 0.2) is 11.6 Å². The Hall–Kier alpha value is -1.07. The molecule has 0 bridgehead atoms. The van der Waals surface area contributed by atoms with Crippen molar-refractivity contribution in [3.05, 3.63) is 17.3 Å². The molecule has 2 heterocycles. The zero-order valence-corrected chi connectivity index (χ0v) is 8.64. The van der Waals surface area contributed by atoms with Gasteiger partial charge in [-0.3, -0.25) is 4.79 Å². The van der Waals surface area contributed by atoms with Gasteiger partial charge < -0.3 is 9.72 Å². The fourth-order valence-corrected chi connectivity index (χ4v) is 2.02. The van der Waals surface area contributed by atoms with E-state index in [9.17, 15) is 4.79 Å². The van der Waals surface area contributed by atoms with Crippen LogP contribution in [0.1, 0.15) is 11.1 Å². The van der Waals surface area contributed by atoms with Crippen LogP contribution in [0, 0.1) is 0 Å². The Morgan fingerprint density at radius 2 is 2.64 bits per heavy atom. The molecule has 1 atom stereocenters. The van der Waals surface area contributed by atoms with Crippen LogP contribution >= 0.6 is 22.9 Å². The van der Waals surface area contributed by atoms with Gasteiger partial charge in [0.15, 0.2) is 0 Å². The minimum atomic E-state index is -0.346. The number of thiazole rings is 1. The van der Waals surface area contributed by atoms with E-state index in [0.29, 0.717) is 6.47 Å². The first-order chi connectivity index (χ1) is 6.81. The first-order valence-electron chi connectivity index (χ1n) is 3.92. The van der Waals surface area contributed by atoms with Gasteiger partial charge in [-0.1, -0.05) is 0 Å². The Morgan fingerprint density at radius 1 is 1.79 bits per heavy atom. The average molecular weight is 231 g/mol. The summed E-state index contributed by atoms with van der Waals surface area (Å²) in [7, 11) is 0. The fraction of sp³-hybridized carbons (Fsp3) is 0.250. The molecule has 0 saturated heterocycles. The quantitative estimate of drug-likeness (QED) is 0.646. The third-order valence-corrected chi connectivity index (χ3v) is 2.93. The van der Waals surface area contributed by atoms with Gasteiger partial charge in [-0.05, 0) is 6.07 Å². The van der Waals surface area contributed by atoms with Crippen LogP contribution in [0.25, 0.3) is 10.3 Å². The highest BCUT2D eigenvalue weighted by Gasteiger charge is 2.12. The maximum absolute atomic E-state index is 9.96. The molecule has 0 amide bonds. The second-order valence-corrected chi connectivity index (χ2v) is 4.10. The van der Waals surface area contributed by atoms with E-state index in [1.54, 1.807) is 5.51 Å². The third kappa shape index (κ3) is 1.73. The molecule has 2 rings (SSSR count). The van der Waals surface area contributed by atoms with Crippen molar-refractivity contribution in [3.63, 3.8) is 0 Å². The predicted molar refractivity (Wildman–Crippen MR) is 54.6 cm³/mol. The Kier molecular flexibility index (Phi) is 2.69. The van der Waals surface area contributed by atoms with Crippen LogP contribution in [0.4, 0.5) is 0 Å². The van der Waals surface area contributed by atoms with E-state index in [1.165, 1.54) is 11.3 Å². The van der Waals surface area contributed by atoms with Gasteiger partial charge in [0.1, 0.15) is 17.6 Å². The monoisotopic (exact) mass is 230 g/mol. The van der Waals surface area contributed by atoms with Gasteiger partial charge in [0.05, 0.1) is 10.2 Å². The lowest BCUT2D eigenvalue weighted by molar-refractivity contribution is -0.128. The number of H-pyrrole nitrogens is 1. The summed E-state index contributed by atoms with van der Waals surface area (Å²) < 4.78 is 5.63. The molecule has 2 aromatic heterocycles. The molecule has 1 N–H and O–H groups in total. The highest BCUT2D eigenvalue weighted by Crippen LogP contribution is 2.25. The number of aromatic nitrogens is 2. The highest BCUT2D eigenvalue weighted by molar-refractivity contribution is 7.16. The van der Waals surface area contributed by atoms with Crippen molar-refractivity contribution in [3.8, 4) is 0 Å². The molecule has 0 saturated carbocycles. The largest absolute Gasteiger partial charge is 0.466 e. The topological polar surface area (TPSA) is 55.0 Å². The Labute approximate surface area is 88.9 Å². The van der Waals surface area contributed by atoms with E-state index in [0.717, 1.165) is 16.0 Å². The number of aromatic amines is 1. The summed E-state index contributed by atoms with van der Waals surface area (Å²) in [4.78, 5) is 17.1. The van der Waals surface area contributed by atoms with Crippen molar-refractivity contribution in [2.24, 2.45) is 0 Å². The predicted octanol–water partition coefficient (Wildman–Crippen LogP) is 2.08. The smallest absolute Gasteiger partial charge is 0.293 e. The van der Waals surface area contributed by atoms with Crippen molar-refractivity contribution in [1.82, 2.24) is 9.97 Å². The number of carbonyl (C=O) groups is 1. The first-order valence-corrected chi connectivity index (χ1v) is 5.24. The highest BCUT2D eigenvalue weighted by atomic mass is 35.5. The lowest BCUT2D eigenvalue weighted by Crippen LogP contribution is -2.01. The SMILES string of the molecule is O=COCC(Cl)c1cc2scnc2[nH]1. The summed E-state index contributed by atoms with van der Waals surface area (Å²) >= 11 is 7.51. The molecule has 1 unspecified atom stereocenters. The molecule has 0 aromatic carbocycles. The van der Waals surface area contributed by atoms with Gasteiger partial charge >= 0.3 is 0 Å². The number of alkyl halides is 1. The molecule has 0 fully saturated rings. The van der Waals surface area contributed by atoms with E-state index in [-0.39, 0.29) is 12.0 Å². The fourth-order valence-electron chi connectivity index (χ4n) is 1.15. The van der Waals surface area contributed by atoms with Gasteiger partial charge in [0.25, 0.3) is 6.47 Å². The normalized spacial score (nSPS) is 12.9. The zero-order valence-electron chi connectivity index (χ0n) is 7.07. The molecule has 0 aliphatic carbocycles. The summed E-state index contributed by atoms with van der Waals surface area (Å²) in [5.41, 5.74) is 3.40. The molecule has 0 radical (unpaired) electrons. The Balaban J connectivity index is 2.17. The van der Waals surface area contributed by atoms with Crippen molar-refractivity contribution < 1.29 is 9.53 Å². The number of hydrogen-bond donors (Lipinski definition) is 1. The average Bonchev–Trinajstić information content (AvgIpc) is 2.72. The standard InChI is InChI=1S/C8H7ClN2O2S/c9-5(2-13-4-12)6-1-7-8(11-6)10-3-14-7/h1,3-5,11H,2H2. The molecule has 4 nitrogen and oxygen atoms in total. The van der Waals surface area contributed by atoms with E-state index < -0.39 is 0 Å². The number of fused-ring (bicyclic) bond motifs is 1. The minimum absolute atomic E-state index is 0.166. The maximum atomic E-state index is 9.96. The molecule has 2 aromatic rings. The van der Waals surface area contributed by atoms with Gasteiger partial charge in [-0.25, -0.2) is 4.98 Å². The number of nitrogens with one attached hydrogen (secondary N) is 1. The number of nitrogens with zero attached hydrogens (tertiary/aromatic N) is 1.